The number of anilines is 1. The van der Waals surface area contributed by atoms with Crippen molar-refractivity contribution in [2.75, 3.05) is 55.7 Å². The first-order valence-corrected chi connectivity index (χ1v) is 13.2. The van der Waals surface area contributed by atoms with Crippen molar-refractivity contribution in [2.45, 2.75) is 39.2 Å². The third-order valence-electron chi connectivity index (χ3n) is 7.68. The number of carbonyl (C=O) groups excluding carboxylic acids is 1. The zero-order chi connectivity index (χ0) is 22.2. The van der Waals surface area contributed by atoms with Gasteiger partial charge in [-0.15, -0.1) is 0 Å². The summed E-state index contributed by atoms with van der Waals surface area (Å²) in [6, 6.07) is 7.15. The Kier molecular flexibility index (Phi) is 6.21. The monoisotopic (exact) mass is 453 g/mol. The van der Waals surface area contributed by atoms with E-state index in [-0.39, 0.29) is 5.91 Å². The number of hydrogen-bond acceptors (Lipinski definition) is 5. The minimum Gasteiger partial charge on any atom is -0.369 e. The molecule has 0 unspecified atom stereocenters. The van der Waals surface area contributed by atoms with Gasteiger partial charge in [0.25, 0.3) is 5.91 Å². The van der Waals surface area contributed by atoms with Gasteiger partial charge in [-0.2, -0.15) is 16.9 Å². The zero-order valence-electron chi connectivity index (χ0n) is 19.6. The lowest BCUT2D eigenvalue weighted by molar-refractivity contribution is 0.0763. The van der Waals surface area contributed by atoms with Gasteiger partial charge < -0.3 is 9.80 Å². The van der Waals surface area contributed by atoms with E-state index >= 15 is 0 Å². The summed E-state index contributed by atoms with van der Waals surface area (Å²) in [7, 11) is 2.00. The molecule has 172 valence electrons. The molecule has 0 radical (unpaired) electrons. The van der Waals surface area contributed by atoms with E-state index in [2.05, 4.69) is 41.8 Å². The van der Waals surface area contributed by atoms with E-state index in [0.29, 0.717) is 11.7 Å². The van der Waals surface area contributed by atoms with Gasteiger partial charge in [0.15, 0.2) is 5.69 Å². The molecular formula is C25H35N5OS. The first-order valence-electron chi connectivity index (χ1n) is 12.0. The van der Waals surface area contributed by atoms with Crippen molar-refractivity contribution < 1.29 is 4.79 Å². The summed E-state index contributed by atoms with van der Waals surface area (Å²) in [5.74, 6) is 2.21. The molecule has 2 aromatic rings. The first-order chi connectivity index (χ1) is 15.5. The molecule has 6 nitrogen and oxygen atoms in total. The van der Waals surface area contributed by atoms with E-state index in [0.717, 1.165) is 70.0 Å². The van der Waals surface area contributed by atoms with E-state index < -0.39 is 0 Å². The van der Waals surface area contributed by atoms with Gasteiger partial charge in [0, 0.05) is 80.8 Å². The predicted octanol–water partition coefficient (Wildman–Crippen LogP) is 2.91. The topological polar surface area (TPSA) is 44.6 Å². The van der Waals surface area contributed by atoms with Crippen LogP contribution in [0.25, 0.3) is 0 Å². The third kappa shape index (κ3) is 4.05. The highest BCUT2D eigenvalue weighted by atomic mass is 32.2. The second-order valence-electron chi connectivity index (χ2n) is 9.44. The van der Waals surface area contributed by atoms with Crippen LogP contribution in [0.15, 0.2) is 18.2 Å². The first kappa shape index (κ1) is 21.8. The Morgan fingerprint density at radius 2 is 1.81 bits per heavy atom. The summed E-state index contributed by atoms with van der Waals surface area (Å²) in [5, 5.41) is 4.71. The highest BCUT2D eigenvalue weighted by molar-refractivity contribution is 7.99. The van der Waals surface area contributed by atoms with Crippen LogP contribution in [0.1, 0.15) is 39.3 Å². The molecule has 3 aliphatic rings. The van der Waals surface area contributed by atoms with Crippen molar-refractivity contribution in [1.29, 1.82) is 0 Å². The van der Waals surface area contributed by atoms with Crippen LogP contribution < -0.4 is 4.90 Å². The molecular weight excluding hydrogens is 418 g/mol. The number of thioether (sulfide) groups is 1. The summed E-state index contributed by atoms with van der Waals surface area (Å²) in [5.41, 5.74) is 7.35. The number of carbonyl (C=O) groups is 1. The molecule has 2 aliphatic heterocycles. The fourth-order valence-electron chi connectivity index (χ4n) is 5.58. The number of benzene rings is 1. The average Bonchev–Trinajstić information content (AvgIpc) is 3.17. The fourth-order valence-corrected chi connectivity index (χ4v) is 6.48. The molecule has 1 aliphatic carbocycles. The van der Waals surface area contributed by atoms with Gasteiger partial charge in [0.05, 0.1) is 0 Å². The SMILES string of the molecule is Cc1cccc(N2CCN([C@H]3CCc4c(c(C(=O)N5CCSCC5)nn4C)C3)CC2)c1C. The van der Waals surface area contributed by atoms with Crippen LogP contribution in [0.4, 0.5) is 5.69 Å². The largest absolute Gasteiger partial charge is 0.369 e. The molecule has 1 atom stereocenters. The Hall–Kier alpha value is -1.99. The van der Waals surface area contributed by atoms with Crippen LogP contribution >= 0.6 is 11.8 Å². The maximum atomic E-state index is 13.2. The normalized spacial score (nSPS) is 22.2. The molecule has 7 heteroatoms. The fraction of sp³-hybridized carbons (Fsp3) is 0.600. The maximum Gasteiger partial charge on any atom is 0.274 e. The molecule has 1 aromatic heterocycles. The molecule has 1 amide bonds. The predicted molar refractivity (Wildman–Crippen MR) is 132 cm³/mol. The minimum atomic E-state index is 0.141. The third-order valence-corrected chi connectivity index (χ3v) is 8.62. The van der Waals surface area contributed by atoms with Crippen LogP contribution in [0.5, 0.6) is 0 Å². The average molecular weight is 454 g/mol. The summed E-state index contributed by atoms with van der Waals surface area (Å²) in [6.45, 7) is 10.4. The van der Waals surface area contributed by atoms with Crippen LogP contribution in [-0.2, 0) is 19.9 Å². The Labute approximate surface area is 195 Å². The van der Waals surface area contributed by atoms with E-state index in [1.54, 1.807) is 0 Å². The van der Waals surface area contributed by atoms with Crippen molar-refractivity contribution in [3.63, 3.8) is 0 Å². The number of hydrogen-bond donors (Lipinski definition) is 0. The van der Waals surface area contributed by atoms with Crippen molar-refractivity contribution in [1.82, 2.24) is 19.6 Å². The van der Waals surface area contributed by atoms with Gasteiger partial charge in [-0.3, -0.25) is 14.4 Å². The van der Waals surface area contributed by atoms with E-state index in [1.807, 2.05) is 28.4 Å². The molecule has 5 rings (SSSR count). The van der Waals surface area contributed by atoms with Crippen LogP contribution in [0.3, 0.4) is 0 Å². The molecule has 1 aromatic carbocycles. The van der Waals surface area contributed by atoms with Gasteiger partial charge in [0.1, 0.15) is 0 Å². The minimum absolute atomic E-state index is 0.141. The number of fused-ring (bicyclic) bond motifs is 1. The quantitative estimate of drug-likeness (QED) is 0.715. The Bertz CT molecular complexity index is 988. The lowest BCUT2D eigenvalue weighted by atomic mass is 9.89. The van der Waals surface area contributed by atoms with Gasteiger partial charge in [0.2, 0.25) is 0 Å². The molecule has 0 bridgehead atoms. The second-order valence-corrected chi connectivity index (χ2v) is 10.7. The van der Waals surface area contributed by atoms with Gasteiger partial charge in [-0.05, 0) is 50.3 Å². The Balaban J connectivity index is 1.28. The molecule has 0 spiro atoms. The number of nitrogens with zero attached hydrogens (tertiary/aromatic N) is 5. The van der Waals surface area contributed by atoms with Crippen molar-refractivity contribution in [3.8, 4) is 0 Å². The summed E-state index contributed by atoms with van der Waals surface area (Å²) in [6.07, 6.45) is 3.13. The number of aryl methyl sites for hydroxylation is 2. The van der Waals surface area contributed by atoms with Crippen molar-refractivity contribution in [2.24, 2.45) is 7.05 Å². The van der Waals surface area contributed by atoms with Gasteiger partial charge >= 0.3 is 0 Å². The highest BCUT2D eigenvalue weighted by Crippen LogP contribution is 2.30. The Morgan fingerprint density at radius 1 is 1.06 bits per heavy atom. The molecule has 0 N–H and O–H groups in total. The van der Waals surface area contributed by atoms with Gasteiger partial charge in [-0.25, -0.2) is 0 Å². The van der Waals surface area contributed by atoms with Crippen LogP contribution in [-0.4, -0.2) is 82.3 Å². The number of rotatable bonds is 3. The van der Waals surface area contributed by atoms with Crippen LogP contribution in [0.2, 0.25) is 0 Å². The van der Waals surface area contributed by atoms with Crippen molar-refractivity contribution in [3.05, 3.63) is 46.3 Å². The molecule has 32 heavy (non-hydrogen) atoms. The smallest absolute Gasteiger partial charge is 0.274 e. The molecule has 0 saturated carbocycles. The zero-order valence-corrected chi connectivity index (χ0v) is 20.5. The highest BCUT2D eigenvalue weighted by Gasteiger charge is 2.34. The van der Waals surface area contributed by atoms with Gasteiger partial charge in [-0.1, -0.05) is 12.1 Å². The number of aromatic nitrogens is 2. The maximum absolute atomic E-state index is 13.2. The van der Waals surface area contributed by atoms with Crippen molar-refractivity contribution >= 4 is 23.4 Å². The summed E-state index contributed by atoms with van der Waals surface area (Å²) in [4.78, 5) is 20.5. The number of amides is 1. The summed E-state index contributed by atoms with van der Waals surface area (Å²) < 4.78 is 1.97. The molecule has 2 fully saturated rings. The lowest BCUT2D eigenvalue weighted by Crippen LogP contribution is -2.52. The second kappa shape index (κ2) is 9.10. The Morgan fingerprint density at radius 3 is 2.56 bits per heavy atom. The molecule has 2 saturated heterocycles. The van der Waals surface area contributed by atoms with E-state index in [4.69, 9.17) is 5.10 Å². The number of piperazine rings is 1. The standard InChI is InChI=1S/C25H35N5OS/c1-18-5-4-6-22(19(18)2)29-11-9-28(10-12-29)20-7-8-23-21(17-20)24(26-27(23)3)25(31)30-13-15-32-16-14-30/h4-6,20H,7-17H2,1-3H3/t20-/m0/s1. The van der Waals surface area contributed by atoms with E-state index in [1.165, 1.54) is 28.1 Å². The van der Waals surface area contributed by atoms with Crippen LogP contribution in [0, 0.1) is 13.8 Å². The molecule has 3 heterocycles. The lowest BCUT2D eigenvalue weighted by Gasteiger charge is -2.42. The van der Waals surface area contributed by atoms with E-state index in [9.17, 15) is 4.79 Å². The summed E-state index contributed by atoms with van der Waals surface area (Å²) >= 11 is 1.93.